The van der Waals surface area contributed by atoms with E-state index in [4.69, 9.17) is 4.74 Å². The number of hydrogen-bond acceptors (Lipinski definition) is 2. The van der Waals surface area contributed by atoms with E-state index in [1.165, 1.54) is 0 Å². The maximum Gasteiger partial charge on any atom is 0.334 e. The van der Waals surface area contributed by atoms with E-state index < -0.39 is 0 Å². The van der Waals surface area contributed by atoms with Crippen molar-refractivity contribution >= 4 is 5.97 Å². The molecule has 1 aliphatic heterocycles. The first kappa shape index (κ1) is 11.3. The number of esters is 1. The van der Waals surface area contributed by atoms with E-state index in [2.05, 4.69) is 20.8 Å². The molecule has 0 fully saturated rings. The number of rotatable bonds is 2. The molecule has 2 nitrogen and oxygen atoms in total. The van der Waals surface area contributed by atoms with Crippen molar-refractivity contribution in [1.29, 1.82) is 0 Å². The van der Waals surface area contributed by atoms with Crippen LogP contribution in [0, 0.1) is 5.41 Å². The highest BCUT2D eigenvalue weighted by atomic mass is 16.6. The van der Waals surface area contributed by atoms with E-state index in [1.54, 1.807) is 0 Å². The molecule has 0 amide bonds. The molecular weight excluding hydrogens is 176 g/mol. The van der Waals surface area contributed by atoms with Gasteiger partial charge >= 0.3 is 5.97 Å². The van der Waals surface area contributed by atoms with Crippen LogP contribution in [0.5, 0.6) is 0 Å². The molecular formula is C12H20O2. The molecule has 1 unspecified atom stereocenters. The molecule has 14 heavy (non-hydrogen) atoms. The van der Waals surface area contributed by atoms with Gasteiger partial charge in [-0.3, -0.25) is 0 Å². The largest absolute Gasteiger partial charge is 0.452 e. The SMILES string of the molecule is CCC1=CC(C)(CC(C)(C)C)OC1=O. The molecule has 1 rings (SSSR count). The van der Waals surface area contributed by atoms with Crippen LogP contribution in [0.3, 0.4) is 0 Å². The van der Waals surface area contributed by atoms with Gasteiger partial charge in [-0.15, -0.1) is 0 Å². The Kier molecular flexibility index (Phi) is 2.75. The third-order valence-corrected chi connectivity index (χ3v) is 2.33. The van der Waals surface area contributed by atoms with Crippen molar-refractivity contribution in [3.05, 3.63) is 11.6 Å². The van der Waals surface area contributed by atoms with Crippen LogP contribution in [0.15, 0.2) is 11.6 Å². The highest BCUT2D eigenvalue weighted by Crippen LogP contribution is 2.36. The highest BCUT2D eigenvalue weighted by molar-refractivity contribution is 5.91. The van der Waals surface area contributed by atoms with Gasteiger partial charge in [0.2, 0.25) is 0 Å². The molecule has 0 aliphatic carbocycles. The Morgan fingerprint density at radius 1 is 1.43 bits per heavy atom. The van der Waals surface area contributed by atoms with Crippen molar-refractivity contribution in [1.82, 2.24) is 0 Å². The number of hydrogen-bond donors (Lipinski definition) is 0. The molecule has 0 aromatic heterocycles. The molecule has 2 heteroatoms. The summed E-state index contributed by atoms with van der Waals surface area (Å²) in [5, 5.41) is 0. The lowest BCUT2D eigenvalue weighted by Gasteiger charge is -2.29. The summed E-state index contributed by atoms with van der Waals surface area (Å²) in [6.45, 7) is 10.4. The van der Waals surface area contributed by atoms with Crippen molar-refractivity contribution in [3.8, 4) is 0 Å². The Balaban J connectivity index is 2.80. The van der Waals surface area contributed by atoms with E-state index in [1.807, 2.05) is 19.9 Å². The first-order valence-electron chi connectivity index (χ1n) is 5.21. The van der Waals surface area contributed by atoms with E-state index in [0.29, 0.717) is 0 Å². The number of carbonyl (C=O) groups is 1. The molecule has 0 bridgehead atoms. The summed E-state index contributed by atoms with van der Waals surface area (Å²) >= 11 is 0. The van der Waals surface area contributed by atoms with Gasteiger partial charge in [-0.1, -0.05) is 27.7 Å². The summed E-state index contributed by atoms with van der Waals surface area (Å²) in [5.74, 6) is -0.140. The second-order valence-corrected chi connectivity index (χ2v) is 5.46. The van der Waals surface area contributed by atoms with Crippen molar-refractivity contribution in [2.24, 2.45) is 5.41 Å². The molecule has 0 saturated heterocycles. The van der Waals surface area contributed by atoms with E-state index in [-0.39, 0.29) is 17.0 Å². The summed E-state index contributed by atoms with van der Waals surface area (Å²) in [6.07, 6.45) is 3.62. The fourth-order valence-corrected chi connectivity index (χ4v) is 2.12. The smallest absolute Gasteiger partial charge is 0.334 e. The fourth-order valence-electron chi connectivity index (χ4n) is 2.12. The molecule has 1 atom stereocenters. The first-order valence-corrected chi connectivity index (χ1v) is 5.21. The molecule has 80 valence electrons. The van der Waals surface area contributed by atoms with Gasteiger partial charge in [0, 0.05) is 5.57 Å². The maximum absolute atomic E-state index is 11.4. The lowest BCUT2D eigenvalue weighted by atomic mass is 9.82. The lowest BCUT2D eigenvalue weighted by Crippen LogP contribution is -2.29. The Morgan fingerprint density at radius 3 is 2.36 bits per heavy atom. The van der Waals surface area contributed by atoms with E-state index >= 15 is 0 Å². The predicted molar refractivity (Wildman–Crippen MR) is 56.9 cm³/mol. The maximum atomic E-state index is 11.4. The lowest BCUT2D eigenvalue weighted by molar-refractivity contribution is -0.147. The summed E-state index contributed by atoms with van der Waals surface area (Å²) in [5.41, 5.74) is 0.604. The van der Waals surface area contributed by atoms with Gasteiger partial charge in [0.05, 0.1) is 0 Å². The third kappa shape index (κ3) is 2.60. The minimum Gasteiger partial charge on any atom is -0.452 e. The average Bonchev–Trinajstić information content (AvgIpc) is 2.21. The second kappa shape index (κ2) is 3.41. The van der Waals surface area contributed by atoms with Crippen molar-refractivity contribution in [3.63, 3.8) is 0 Å². The topological polar surface area (TPSA) is 26.3 Å². The summed E-state index contributed by atoms with van der Waals surface area (Å²) in [7, 11) is 0. The van der Waals surface area contributed by atoms with Gasteiger partial charge in [-0.25, -0.2) is 4.79 Å². The Labute approximate surface area is 86.3 Å². The number of cyclic esters (lactones) is 1. The molecule has 0 spiro atoms. The minimum absolute atomic E-state index is 0.140. The van der Waals surface area contributed by atoms with Crippen LogP contribution in [0.25, 0.3) is 0 Å². The van der Waals surface area contributed by atoms with Gasteiger partial charge in [0.25, 0.3) is 0 Å². The molecule has 1 heterocycles. The van der Waals surface area contributed by atoms with Gasteiger partial charge in [0.1, 0.15) is 5.60 Å². The highest BCUT2D eigenvalue weighted by Gasteiger charge is 2.37. The second-order valence-electron chi connectivity index (χ2n) is 5.46. The standard InChI is InChI=1S/C12H20O2/c1-6-9-7-12(5,14-10(9)13)8-11(2,3)4/h7H,6,8H2,1-5H3. The molecule has 0 radical (unpaired) electrons. The zero-order valence-electron chi connectivity index (χ0n) is 9.81. The molecule has 0 aromatic carbocycles. The van der Waals surface area contributed by atoms with Crippen LogP contribution in [-0.4, -0.2) is 11.6 Å². The van der Waals surface area contributed by atoms with E-state index in [9.17, 15) is 4.79 Å². The molecule has 0 saturated carbocycles. The van der Waals surface area contributed by atoms with Crippen LogP contribution >= 0.6 is 0 Å². The van der Waals surface area contributed by atoms with Crippen LogP contribution in [0.4, 0.5) is 0 Å². The van der Waals surface area contributed by atoms with Crippen molar-refractivity contribution in [2.45, 2.75) is 53.1 Å². The van der Waals surface area contributed by atoms with Gasteiger partial charge in [-0.05, 0) is 31.3 Å². The first-order chi connectivity index (χ1) is 6.26. The monoisotopic (exact) mass is 196 g/mol. The zero-order valence-corrected chi connectivity index (χ0v) is 9.81. The third-order valence-electron chi connectivity index (χ3n) is 2.33. The minimum atomic E-state index is -0.388. The molecule has 0 N–H and O–H groups in total. The Morgan fingerprint density at radius 2 is 2.00 bits per heavy atom. The Hall–Kier alpha value is -0.790. The van der Waals surface area contributed by atoms with Gasteiger partial charge < -0.3 is 4.74 Å². The average molecular weight is 196 g/mol. The quantitative estimate of drug-likeness (QED) is 0.634. The van der Waals surface area contributed by atoms with E-state index in [0.717, 1.165) is 18.4 Å². The molecule has 0 aromatic rings. The van der Waals surface area contributed by atoms with Crippen LogP contribution in [-0.2, 0) is 9.53 Å². The van der Waals surface area contributed by atoms with Gasteiger partial charge in [-0.2, -0.15) is 0 Å². The fraction of sp³-hybridized carbons (Fsp3) is 0.750. The normalized spacial score (nSPS) is 27.5. The summed E-state index contributed by atoms with van der Waals surface area (Å²) in [6, 6.07) is 0. The molecule has 1 aliphatic rings. The summed E-state index contributed by atoms with van der Waals surface area (Å²) in [4.78, 5) is 11.4. The predicted octanol–water partition coefficient (Wildman–Crippen LogP) is 3.07. The van der Waals surface area contributed by atoms with Crippen LogP contribution in [0.1, 0.15) is 47.5 Å². The Bertz CT molecular complexity index is 271. The number of ether oxygens (including phenoxy) is 1. The van der Waals surface area contributed by atoms with Crippen molar-refractivity contribution < 1.29 is 9.53 Å². The van der Waals surface area contributed by atoms with Gasteiger partial charge in [0.15, 0.2) is 0 Å². The van der Waals surface area contributed by atoms with Crippen molar-refractivity contribution in [2.75, 3.05) is 0 Å². The summed E-state index contributed by atoms with van der Waals surface area (Å²) < 4.78 is 5.40. The van der Waals surface area contributed by atoms with Crippen LogP contribution < -0.4 is 0 Å². The van der Waals surface area contributed by atoms with Crippen LogP contribution in [0.2, 0.25) is 0 Å². The zero-order chi connectivity index (χ0) is 11.0. The number of carbonyl (C=O) groups excluding carboxylic acids is 1.